The zero-order valence-electron chi connectivity index (χ0n) is 18.8. The van der Waals surface area contributed by atoms with E-state index in [-0.39, 0.29) is 25.4 Å². The minimum absolute atomic E-state index is 0.0483. The van der Waals surface area contributed by atoms with Gasteiger partial charge in [-0.15, -0.1) is 0 Å². The summed E-state index contributed by atoms with van der Waals surface area (Å²) in [6.45, 7) is 2.61. The number of nitrogens with one attached hydrogen (secondary N) is 1. The summed E-state index contributed by atoms with van der Waals surface area (Å²) in [5, 5.41) is 12.7. The molecular formula is C24H32N4O5. The van der Waals surface area contributed by atoms with Gasteiger partial charge in [0.05, 0.1) is 6.61 Å². The summed E-state index contributed by atoms with van der Waals surface area (Å²) in [5.41, 5.74) is 12.4. The molecule has 0 heterocycles. The van der Waals surface area contributed by atoms with Gasteiger partial charge in [0.1, 0.15) is 24.5 Å². The number of benzene rings is 2. The lowest BCUT2D eigenvalue weighted by Gasteiger charge is -2.19. The van der Waals surface area contributed by atoms with E-state index >= 15 is 0 Å². The average Bonchev–Trinajstić information content (AvgIpc) is 2.81. The van der Waals surface area contributed by atoms with Gasteiger partial charge in [-0.3, -0.25) is 9.79 Å². The van der Waals surface area contributed by atoms with Gasteiger partial charge in [0.25, 0.3) is 0 Å². The van der Waals surface area contributed by atoms with Gasteiger partial charge in [-0.25, -0.2) is 4.79 Å². The first-order valence-electron chi connectivity index (χ1n) is 10.8. The molecule has 33 heavy (non-hydrogen) atoms. The van der Waals surface area contributed by atoms with E-state index in [1.54, 1.807) is 19.1 Å². The normalized spacial score (nSPS) is 12.3. The summed E-state index contributed by atoms with van der Waals surface area (Å²) in [7, 11) is 0. The Morgan fingerprint density at radius 1 is 1.06 bits per heavy atom. The maximum absolute atomic E-state index is 12.4. The summed E-state index contributed by atoms with van der Waals surface area (Å²) < 4.78 is 10.9. The van der Waals surface area contributed by atoms with E-state index in [0.29, 0.717) is 25.3 Å². The minimum atomic E-state index is -1.29. The number of ether oxygens (including phenoxy) is 2. The number of hydrogen-bond donors (Lipinski definition) is 4. The van der Waals surface area contributed by atoms with Crippen molar-refractivity contribution in [2.45, 2.75) is 44.9 Å². The molecule has 0 saturated heterocycles. The first-order valence-corrected chi connectivity index (χ1v) is 10.8. The Morgan fingerprint density at radius 3 is 2.39 bits per heavy atom. The molecule has 6 N–H and O–H groups in total. The van der Waals surface area contributed by atoms with Crippen molar-refractivity contribution >= 4 is 17.8 Å². The maximum atomic E-state index is 12.4. The first kappa shape index (κ1) is 25.7. The predicted molar refractivity (Wildman–Crippen MR) is 125 cm³/mol. The maximum Gasteiger partial charge on any atom is 0.328 e. The molecule has 2 aromatic rings. The van der Waals surface area contributed by atoms with Crippen molar-refractivity contribution in [3.8, 4) is 5.75 Å². The van der Waals surface area contributed by atoms with Gasteiger partial charge < -0.3 is 31.4 Å². The van der Waals surface area contributed by atoms with Crippen LogP contribution in [0.25, 0.3) is 0 Å². The van der Waals surface area contributed by atoms with Gasteiger partial charge >= 0.3 is 5.97 Å². The summed E-state index contributed by atoms with van der Waals surface area (Å²) in [4.78, 5) is 28.6. The van der Waals surface area contributed by atoms with E-state index in [2.05, 4.69) is 10.3 Å². The molecule has 0 aliphatic heterocycles. The number of nitrogens with two attached hydrogens (primary N) is 2. The number of aliphatic imine (C=N–C) groups is 1. The smallest absolute Gasteiger partial charge is 0.328 e. The number of hydrogen-bond acceptors (Lipinski definition) is 6. The Balaban J connectivity index is 1.93. The van der Waals surface area contributed by atoms with E-state index in [1.807, 2.05) is 42.5 Å². The predicted octanol–water partition coefficient (Wildman–Crippen LogP) is 1.27. The average molecular weight is 457 g/mol. The molecule has 2 atom stereocenters. The van der Waals surface area contributed by atoms with Crippen LogP contribution in [0.2, 0.25) is 0 Å². The number of aliphatic hydroxyl groups is 1. The summed E-state index contributed by atoms with van der Waals surface area (Å²) in [6, 6.07) is 16.1. The SMILES string of the molecule is CCOC(=O)[C@H](Cc1ccc(OCc2ccccc2)cc1)NC(=O)[C@H](O)CCCN=C(N)N. The lowest BCUT2D eigenvalue weighted by molar-refractivity contribution is -0.148. The van der Waals surface area contributed by atoms with Gasteiger partial charge in [-0.1, -0.05) is 42.5 Å². The van der Waals surface area contributed by atoms with Crippen molar-refractivity contribution in [2.24, 2.45) is 16.5 Å². The van der Waals surface area contributed by atoms with Crippen LogP contribution in [-0.4, -0.2) is 48.2 Å². The molecule has 9 nitrogen and oxygen atoms in total. The Labute approximate surface area is 193 Å². The van der Waals surface area contributed by atoms with Crippen LogP contribution in [0.1, 0.15) is 30.9 Å². The lowest BCUT2D eigenvalue weighted by atomic mass is 10.0. The monoisotopic (exact) mass is 456 g/mol. The standard InChI is InChI=1S/C24H32N4O5/c1-2-32-23(31)20(28-22(30)21(29)9-6-14-27-24(25)26)15-17-10-12-19(13-11-17)33-16-18-7-4-3-5-8-18/h3-5,7-8,10-13,20-21,29H,2,6,9,14-16H2,1H3,(H,28,30)(H4,25,26,27)/t20-,21+/m0/s1. The highest BCUT2D eigenvalue weighted by Gasteiger charge is 2.25. The van der Waals surface area contributed by atoms with Gasteiger partial charge in [0.2, 0.25) is 5.91 Å². The fraction of sp³-hybridized carbons (Fsp3) is 0.375. The highest BCUT2D eigenvalue weighted by molar-refractivity contribution is 5.87. The molecule has 0 fully saturated rings. The first-order chi connectivity index (χ1) is 15.9. The van der Waals surface area contributed by atoms with Gasteiger partial charge in [-0.05, 0) is 43.0 Å². The van der Waals surface area contributed by atoms with Gasteiger partial charge in [0.15, 0.2) is 5.96 Å². The van der Waals surface area contributed by atoms with E-state index in [0.717, 1.165) is 11.1 Å². The largest absolute Gasteiger partial charge is 0.489 e. The van der Waals surface area contributed by atoms with Crippen LogP contribution in [-0.2, 0) is 27.4 Å². The highest BCUT2D eigenvalue weighted by atomic mass is 16.5. The van der Waals surface area contributed by atoms with Crippen LogP contribution in [0.15, 0.2) is 59.6 Å². The Kier molecular flexibility index (Phi) is 10.7. The molecular weight excluding hydrogens is 424 g/mol. The molecule has 9 heteroatoms. The van der Waals surface area contributed by atoms with Crippen molar-refractivity contribution in [1.82, 2.24) is 5.32 Å². The highest BCUT2D eigenvalue weighted by Crippen LogP contribution is 2.16. The van der Waals surface area contributed by atoms with Gasteiger partial charge in [0, 0.05) is 13.0 Å². The molecule has 0 aliphatic carbocycles. The third-order valence-corrected chi connectivity index (χ3v) is 4.73. The molecule has 1 amide bonds. The summed E-state index contributed by atoms with van der Waals surface area (Å²) in [5.74, 6) is -0.577. The third kappa shape index (κ3) is 9.61. The molecule has 0 bridgehead atoms. The van der Waals surface area contributed by atoms with Crippen LogP contribution >= 0.6 is 0 Å². The molecule has 2 aromatic carbocycles. The van der Waals surface area contributed by atoms with Crippen LogP contribution in [0.3, 0.4) is 0 Å². The van der Waals surface area contributed by atoms with Crippen molar-refractivity contribution in [1.29, 1.82) is 0 Å². The fourth-order valence-corrected chi connectivity index (χ4v) is 3.03. The Hall–Kier alpha value is -3.59. The van der Waals surface area contributed by atoms with E-state index in [9.17, 15) is 14.7 Å². The number of aliphatic hydroxyl groups excluding tert-OH is 1. The number of rotatable bonds is 13. The zero-order valence-corrected chi connectivity index (χ0v) is 18.8. The zero-order chi connectivity index (χ0) is 24.1. The van der Waals surface area contributed by atoms with Gasteiger partial charge in [-0.2, -0.15) is 0 Å². The second-order valence-electron chi connectivity index (χ2n) is 7.40. The number of guanidine groups is 1. The Bertz CT molecular complexity index is 899. The topological polar surface area (TPSA) is 149 Å². The van der Waals surface area contributed by atoms with Crippen molar-refractivity contribution in [3.63, 3.8) is 0 Å². The second-order valence-corrected chi connectivity index (χ2v) is 7.40. The molecule has 0 unspecified atom stereocenters. The summed E-state index contributed by atoms with van der Waals surface area (Å²) in [6.07, 6.45) is -0.499. The molecule has 0 aliphatic rings. The molecule has 0 spiro atoms. The van der Waals surface area contributed by atoms with Crippen LogP contribution in [0, 0.1) is 0 Å². The molecule has 0 radical (unpaired) electrons. The summed E-state index contributed by atoms with van der Waals surface area (Å²) >= 11 is 0. The van der Waals surface area contributed by atoms with Crippen molar-refractivity contribution in [3.05, 3.63) is 65.7 Å². The number of carbonyl (C=O) groups excluding carboxylic acids is 2. The van der Waals surface area contributed by atoms with Crippen LogP contribution in [0.5, 0.6) is 5.75 Å². The molecule has 178 valence electrons. The number of amides is 1. The van der Waals surface area contributed by atoms with Crippen molar-refractivity contribution in [2.75, 3.05) is 13.2 Å². The van der Waals surface area contributed by atoms with E-state index in [1.165, 1.54) is 0 Å². The fourth-order valence-electron chi connectivity index (χ4n) is 3.03. The molecule has 0 aromatic heterocycles. The number of nitrogens with zero attached hydrogens (tertiary/aromatic N) is 1. The lowest BCUT2D eigenvalue weighted by Crippen LogP contribution is -2.47. The number of esters is 1. The quantitative estimate of drug-likeness (QED) is 0.153. The van der Waals surface area contributed by atoms with Crippen molar-refractivity contribution < 1.29 is 24.2 Å². The Morgan fingerprint density at radius 2 is 1.76 bits per heavy atom. The van der Waals surface area contributed by atoms with Crippen LogP contribution in [0.4, 0.5) is 0 Å². The third-order valence-electron chi connectivity index (χ3n) is 4.73. The molecule has 2 rings (SSSR count). The molecule has 0 saturated carbocycles. The second kappa shape index (κ2) is 13.7. The van der Waals surface area contributed by atoms with Crippen LogP contribution < -0.4 is 21.5 Å². The van der Waals surface area contributed by atoms with E-state index < -0.39 is 24.0 Å². The van der Waals surface area contributed by atoms with E-state index in [4.69, 9.17) is 20.9 Å². The number of carbonyl (C=O) groups is 2. The minimum Gasteiger partial charge on any atom is -0.489 e.